The van der Waals surface area contributed by atoms with Crippen LogP contribution >= 0.6 is 0 Å². The number of rotatable bonds is 7. The zero-order valence-corrected chi connectivity index (χ0v) is 28.4. The standard InChI is InChI=1S/C43H41BN4/c1-29(2)35-18-12-19-36(30(3)4)42(35)41-27-45-43-39-26-33(21-22-37(39)38-17-9-10-20-40(38)48(41)43)44(31-13-7-6-8-14-31)32-15-11-16-34(25-32)47-24-23-46(5)28-47/h6-27,29-30H,28H2,1-5H3. The summed E-state index contributed by atoms with van der Waals surface area (Å²) in [5, 5.41) is 3.64. The second-order valence-corrected chi connectivity index (χ2v) is 13.9. The van der Waals surface area contributed by atoms with Crippen LogP contribution in [0.3, 0.4) is 0 Å². The topological polar surface area (TPSA) is 23.8 Å². The highest BCUT2D eigenvalue weighted by atomic mass is 15.3. The maximum atomic E-state index is 5.24. The Morgan fingerprint density at radius 2 is 1.31 bits per heavy atom. The fourth-order valence-electron chi connectivity index (χ4n) is 7.67. The molecule has 0 saturated carbocycles. The van der Waals surface area contributed by atoms with Gasteiger partial charge in [0.1, 0.15) is 5.65 Å². The van der Waals surface area contributed by atoms with Gasteiger partial charge in [-0.3, -0.25) is 4.40 Å². The maximum Gasteiger partial charge on any atom is 0.241 e. The van der Waals surface area contributed by atoms with Gasteiger partial charge in [0.05, 0.1) is 24.1 Å². The normalized spacial score (nSPS) is 13.2. The smallest absolute Gasteiger partial charge is 0.241 e. The number of aromatic nitrogens is 2. The number of hydrogen-bond donors (Lipinski definition) is 0. The Morgan fingerprint density at radius 3 is 2.04 bits per heavy atom. The molecule has 5 heteroatoms. The molecule has 2 aromatic heterocycles. The highest BCUT2D eigenvalue weighted by Crippen LogP contribution is 2.39. The van der Waals surface area contributed by atoms with E-state index < -0.39 is 0 Å². The molecule has 48 heavy (non-hydrogen) atoms. The van der Waals surface area contributed by atoms with Crippen molar-refractivity contribution in [3.63, 3.8) is 0 Å². The van der Waals surface area contributed by atoms with Gasteiger partial charge in [0.15, 0.2) is 0 Å². The summed E-state index contributed by atoms with van der Waals surface area (Å²) in [5.41, 5.74) is 12.4. The van der Waals surface area contributed by atoms with E-state index in [1.165, 1.54) is 60.4 Å². The molecule has 0 N–H and O–H groups in total. The molecule has 1 aliphatic heterocycles. The highest BCUT2D eigenvalue weighted by Gasteiger charge is 2.25. The molecule has 0 fully saturated rings. The molecule has 5 aromatic carbocycles. The van der Waals surface area contributed by atoms with E-state index in [-0.39, 0.29) is 6.71 Å². The van der Waals surface area contributed by atoms with Gasteiger partial charge in [-0.25, -0.2) is 4.98 Å². The Morgan fingerprint density at radius 1 is 0.625 bits per heavy atom. The summed E-state index contributed by atoms with van der Waals surface area (Å²) in [7, 11) is 2.11. The molecule has 0 atom stereocenters. The number of nitrogens with zero attached hydrogens (tertiary/aromatic N) is 4. The number of anilines is 1. The quantitative estimate of drug-likeness (QED) is 0.132. The zero-order chi connectivity index (χ0) is 32.9. The third-order valence-corrected chi connectivity index (χ3v) is 9.99. The second-order valence-electron chi connectivity index (χ2n) is 13.9. The van der Waals surface area contributed by atoms with Crippen molar-refractivity contribution in [1.82, 2.24) is 14.3 Å². The lowest BCUT2D eigenvalue weighted by molar-refractivity contribution is 0.496. The molecule has 0 saturated heterocycles. The van der Waals surface area contributed by atoms with E-state index >= 15 is 0 Å². The Kier molecular flexibility index (Phi) is 7.56. The van der Waals surface area contributed by atoms with Crippen LogP contribution in [0.15, 0.2) is 134 Å². The Labute approximate surface area is 284 Å². The molecule has 1 aliphatic rings. The average molecular weight is 625 g/mol. The first-order chi connectivity index (χ1) is 23.4. The molecular weight excluding hydrogens is 583 g/mol. The first-order valence-electron chi connectivity index (χ1n) is 17.1. The molecule has 0 bridgehead atoms. The van der Waals surface area contributed by atoms with Crippen molar-refractivity contribution in [2.24, 2.45) is 0 Å². The lowest BCUT2D eigenvalue weighted by Gasteiger charge is -2.22. The van der Waals surface area contributed by atoms with E-state index in [2.05, 4.69) is 183 Å². The molecule has 236 valence electrons. The van der Waals surface area contributed by atoms with Crippen molar-refractivity contribution in [3.05, 3.63) is 145 Å². The Balaban J connectivity index is 1.38. The van der Waals surface area contributed by atoms with E-state index in [1.54, 1.807) is 0 Å². The second kappa shape index (κ2) is 12.1. The molecule has 0 aliphatic carbocycles. The summed E-state index contributed by atoms with van der Waals surface area (Å²) < 4.78 is 2.42. The minimum atomic E-state index is 0.0648. The van der Waals surface area contributed by atoms with Gasteiger partial charge >= 0.3 is 0 Å². The van der Waals surface area contributed by atoms with Crippen molar-refractivity contribution < 1.29 is 0 Å². The van der Waals surface area contributed by atoms with Crippen LogP contribution in [0.1, 0.15) is 50.7 Å². The van der Waals surface area contributed by atoms with E-state index in [1.807, 2.05) is 0 Å². The summed E-state index contributed by atoms with van der Waals surface area (Å²) in [5.74, 6) is 0.780. The van der Waals surface area contributed by atoms with Crippen molar-refractivity contribution in [2.75, 3.05) is 18.6 Å². The van der Waals surface area contributed by atoms with Crippen LogP contribution in [0.25, 0.3) is 38.6 Å². The monoisotopic (exact) mass is 624 g/mol. The van der Waals surface area contributed by atoms with Gasteiger partial charge in [0, 0.05) is 41.5 Å². The van der Waals surface area contributed by atoms with Crippen molar-refractivity contribution >= 4 is 56.1 Å². The third kappa shape index (κ3) is 5.05. The molecule has 4 nitrogen and oxygen atoms in total. The van der Waals surface area contributed by atoms with E-state index in [9.17, 15) is 0 Å². The summed E-state index contributed by atoms with van der Waals surface area (Å²) in [4.78, 5) is 9.73. The van der Waals surface area contributed by atoms with Gasteiger partial charge in [0.2, 0.25) is 6.71 Å². The van der Waals surface area contributed by atoms with Crippen LogP contribution in [0.2, 0.25) is 0 Å². The van der Waals surface area contributed by atoms with Crippen molar-refractivity contribution in [3.8, 4) is 11.3 Å². The van der Waals surface area contributed by atoms with Crippen molar-refractivity contribution in [1.29, 1.82) is 0 Å². The summed E-state index contributed by atoms with van der Waals surface area (Å²) in [6.45, 7) is 10.1. The fourth-order valence-corrected chi connectivity index (χ4v) is 7.67. The summed E-state index contributed by atoms with van der Waals surface area (Å²) in [6, 6.07) is 42.6. The van der Waals surface area contributed by atoms with Crippen LogP contribution in [-0.2, 0) is 0 Å². The number of imidazole rings is 1. The molecule has 0 radical (unpaired) electrons. The summed E-state index contributed by atoms with van der Waals surface area (Å²) in [6.07, 6.45) is 6.40. The molecule has 0 unspecified atom stereocenters. The molecular formula is C43H41BN4. The SMILES string of the molecule is CC(C)c1cccc(C(C)C)c1-c1cnc2c3cc(B(c4ccccc4)c4cccc(N5C=CN(C)C5)c4)ccc3c3ccccc3n12. The fraction of sp³-hybridized carbons (Fsp3) is 0.186. The third-order valence-electron chi connectivity index (χ3n) is 9.99. The summed E-state index contributed by atoms with van der Waals surface area (Å²) >= 11 is 0. The largest absolute Gasteiger partial charge is 0.361 e. The maximum absolute atomic E-state index is 5.24. The first kappa shape index (κ1) is 30.1. The molecule has 7 aromatic rings. The van der Waals surface area contributed by atoms with Crippen molar-refractivity contribution in [2.45, 2.75) is 39.5 Å². The van der Waals surface area contributed by atoms with Gasteiger partial charge in [0.25, 0.3) is 0 Å². The molecule has 0 spiro atoms. The van der Waals surface area contributed by atoms with E-state index in [0.717, 1.165) is 18.0 Å². The average Bonchev–Trinajstić information content (AvgIpc) is 3.76. The van der Waals surface area contributed by atoms with Gasteiger partial charge < -0.3 is 9.80 Å². The zero-order valence-electron chi connectivity index (χ0n) is 28.4. The highest BCUT2D eigenvalue weighted by molar-refractivity contribution is 6.95. The Bertz CT molecular complexity index is 2290. The van der Waals surface area contributed by atoms with Crippen LogP contribution in [0, 0.1) is 0 Å². The minimum Gasteiger partial charge on any atom is -0.361 e. The molecule has 0 amide bonds. The van der Waals surface area contributed by atoms with Crippen LogP contribution in [-0.4, -0.2) is 34.7 Å². The van der Waals surface area contributed by atoms with Gasteiger partial charge in [-0.2, -0.15) is 0 Å². The lowest BCUT2D eigenvalue weighted by Crippen LogP contribution is -2.52. The number of benzene rings is 5. The molecule has 3 heterocycles. The number of pyridine rings is 1. The first-order valence-corrected chi connectivity index (χ1v) is 17.1. The van der Waals surface area contributed by atoms with Crippen LogP contribution < -0.4 is 21.3 Å². The van der Waals surface area contributed by atoms with E-state index in [0.29, 0.717) is 11.8 Å². The van der Waals surface area contributed by atoms with Crippen LogP contribution in [0.4, 0.5) is 5.69 Å². The van der Waals surface area contributed by atoms with Gasteiger partial charge in [-0.1, -0.05) is 141 Å². The Hall–Kier alpha value is -5.29. The van der Waals surface area contributed by atoms with Gasteiger partial charge in [-0.05, 0) is 46.5 Å². The van der Waals surface area contributed by atoms with E-state index in [4.69, 9.17) is 4.98 Å². The lowest BCUT2D eigenvalue weighted by atomic mass is 9.37. The molecule has 8 rings (SSSR count). The number of hydrogen-bond acceptors (Lipinski definition) is 3. The predicted octanol–water partition coefficient (Wildman–Crippen LogP) is 8.25. The number of para-hydroxylation sites is 1. The number of fused-ring (bicyclic) bond motifs is 6. The predicted molar refractivity (Wildman–Crippen MR) is 206 cm³/mol. The minimum absolute atomic E-state index is 0.0648. The van der Waals surface area contributed by atoms with Gasteiger partial charge in [-0.15, -0.1) is 0 Å². The van der Waals surface area contributed by atoms with Crippen LogP contribution in [0.5, 0.6) is 0 Å².